The van der Waals surface area contributed by atoms with Crippen molar-refractivity contribution in [3.8, 4) is 5.69 Å². The van der Waals surface area contributed by atoms with E-state index in [0.717, 1.165) is 5.56 Å². The summed E-state index contributed by atoms with van der Waals surface area (Å²) in [5.74, 6) is -2.28. The molecule has 0 radical (unpaired) electrons. The van der Waals surface area contributed by atoms with Crippen molar-refractivity contribution in [3.63, 3.8) is 0 Å². The first kappa shape index (κ1) is 29.0. The van der Waals surface area contributed by atoms with Crippen LogP contribution in [0.3, 0.4) is 0 Å². The third-order valence-corrected chi connectivity index (χ3v) is 6.47. The Hall–Kier alpha value is -3.56. The molecule has 0 bridgehead atoms. The van der Waals surface area contributed by atoms with Crippen molar-refractivity contribution in [2.24, 2.45) is 0 Å². The van der Waals surface area contributed by atoms with Crippen molar-refractivity contribution < 1.29 is 29.3 Å². The average molecular weight is 525 g/mol. The summed E-state index contributed by atoms with van der Waals surface area (Å²) in [7, 11) is 0. The summed E-state index contributed by atoms with van der Waals surface area (Å²) < 4.78 is 15.2. The predicted octanol–water partition coefficient (Wildman–Crippen LogP) is 2.98. The standard InChI is InChI=1S/C29H36FN3O5/c1-18(2)26-24(15-14-22(34)16-23(35)17-25(36)37)33(21-12-10-20(30)11-13-21)32-27(26)28(38)31-29(3,4)19-8-6-5-7-9-19/h5-13,18,22-23,34-35H,14-17H2,1-4H3,(H,31,38)(H,36,37)/p-1/t22-,23-/m1/s1. The van der Waals surface area contributed by atoms with Crippen molar-refractivity contribution in [2.75, 3.05) is 0 Å². The van der Waals surface area contributed by atoms with Gasteiger partial charge in [0.25, 0.3) is 5.91 Å². The molecule has 1 heterocycles. The van der Waals surface area contributed by atoms with E-state index >= 15 is 0 Å². The van der Waals surface area contributed by atoms with Crippen LogP contribution in [0.25, 0.3) is 5.69 Å². The molecule has 0 aliphatic rings. The topological polar surface area (TPSA) is 128 Å². The van der Waals surface area contributed by atoms with Gasteiger partial charge in [-0.3, -0.25) is 4.79 Å². The summed E-state index contributed by atoms with van der Waals surface area (Å²) in [6.45, 7) is 7.69. The molecule has 3 aromatic rings. The van der Waals surface area contributed by atoms with Gasteiger partial charge in [0.05, 0.1) is 23.4 Å². The Morgan fingerprint density at radius 3 is 2.26 bits per heavy atom. The molecule has 2 aromatic carbocycles. The van der Waals surface area contributed by atoms with Crippen molar-refractivity contribution in [3.05, 3.63) is 82.9 Å². The number of nitrogens with one attached hydrogen (secondary N) is 1. The van der Waals surface area contributed by atoms with Crippen molar-refractivity contribution in [1.29, 1.82) is 0 Å². The number of carboxylic acid groups (broad SMARTS) is 1. The molecule has 204 valence electrons. The Morgan fingerprint density at radius 2 is 1.68 bits per heavy atom. The normalized spacial score (nSPS) is 13.4. The summed E-state index contributed by atoms with van der Waals surface area (Å²) in [6, 6.07) is 15.3. The molecule has 1 amide bonds. The molecular weight excluding hydrogens is 489 g/mol. The molecule has 1 aromatic heterocycles. The highest BCUT2D eigenvalue weighted by Gasteiger charge is 2.30. The van der Waals surface area contributed by atoms with E-state index in [-0.39, 0.29) is 36.8 Å². The summed E-state index contributed by atoms with van der Waals surface area (Å²) in [5, 5.41) is 38.8. The number of nitrogens with zero attached hydrogens (tertiary/aromatic N) is 2. The molecule has 0 spiro atoms. The van der Waals surface area contributed by atoms with E-state index in [0.29, 0.717) is 16.9 Å². The lowest BCUT2D eigenvalue weighted by Gasteiger charge is -2.27. The van der Waals surface area contributed by atoms with Gasteiger partial charge in [0.2, 0.25) is 0 Å². The summed E-state index contributed by atoms with van der Waals surface area (Å²) in [4.78, 5) is 24.3. The minimum atomic E-state index is -1.39. The van der Waals surface area contributed by atoms with E-state index in [1.165, 1.54) is 12.1 Å². The zero-order chi connectivity index (χ0) is 28.0. The van der Waals surface area contributed by atoms with Gasteiger partial charge in [-0.05, 0) is 68.9 Å². The smallest absolute Gasteiger partial charge is 0.272 e. The summed E-state index contributed by atoms with van der Waals surface area (Å²) in [6.07, 6.45) is -2.45. The van der Waals surface area contributed by atoms with Crippen molar-refractivity contribution in [2.45, 2.75) is 77.0 Å². The Bertz CT molecular complexity index is 1240. The second-order valence-corrected chi connectivity index (χ2v) is 10.4. The van der Waals surface area contributed by atoms with Crippen molar-refractivity contribution >= 4 is 11.9 Å². The molecule has 0 aliphatic carbocycles. The van der Waals surface area contributed by atoms with E-state index in [1.54, 1.807) is 16.8 Å². The number of halogens is 1. The number of hydrogen-bond acceptors (Lipinski definition) is 6. The van der Waals surface area contributed by atoms with E-state index < -0.39 is 36.0 Å². The van der Waals surface area contributed by atoms with Crippen LogP contribution in [0.15, 0.2) is 54.6 Å². The fourth-order valence-corrected chi connectivity index (χ4v) is 4.56. The first-order valence-corrected chi connectivity index (χ1v) is 12.7. The third-order valence-electron chi connectivity index (χ3n) is 6.47. The van der Waals surface area contributed by atoms with Gasteiger partial charge in [0.1, 0.15) is 5.82 Å². The number of carbonyl (C=O) groups is 2. The largest absolute Gasteiger partial charge is 0.550 e. The zero-order valence-corrected chi connectivity index (χ0v) is 22.1. The number of rotatable bonds is 12. The fourth-order valence-electron chi connectivity index (χ4n) is 4.56. The molecule has 3 rings (SSSR count). The van der Waals surface area contributed by atoms with Gasteiger partial charge >= 0.3 is 0 Å². The highest BCUT2D eigenvalue weighted by Crippen LogP contribution is 2.29. The maximum absolute atomic E-state index is 13.7. The number of hydrogen-bond donors (Lipinski definition) is 3. The Morgan fingerprint density at radius 1 is 1.05 bits per heavy atom. The molecule has 3 N–H and O–H groups in total. The Balaban J connectivity index is 1.97. The average Bonchev–Trinajstić information content (AvgIpc) is 3.23. The lowest BCUT2D eigenvalue weighted by atomic mass is 9.92. The van der Waals surface area contributed by atoms with Crippen LogP contribution in [0, 0.1) is 5.82 Å². The van der Waals surface area contributed by atoms with Gasteiger partial charge in [-0.25, -0.2) is 9.07 Å². The van der Waals surface area contributed by atoms with Crippen LogP contribution in [-0.2, 0) is 16.8 Å². The van der Waals surface area contributed by atoms with Crippen LogP contribution in [0.2, 0.25) is 0 Å². The molecular formula is C29H35FN3O5-. The second kappa shape index (κ2) is 12.3. The maximum Gasteiger partial charge on any atom is 0.272 e. The highest BCUT2D eigenvalue weighted by molar-refractivity contribution is 5.95. The number of carbonyl (C=O) groups excluding carboxylic acids is 2. The number of aromatic nitrogens is 2. The Labute approximate surface area is 222 Å². The number of aliphatic hydroxyl groups excluding tert-OH is 2. The van der Waals surface area contributed by atoms with Gasteiger partial charge in [-0.1, -0.05) is 44.2 Å². The molecule has 0 unspecified atom stereocenters. The fraction of sp³-hybridized carbons (Fsp3) is 0.414. The zero-order valence-electron chi connectivity index (χ0n) is 22.1. The number of aliphatic hydroxyl groups is 2. The van der Waals surface area contributed by atoms with Crippen LogP contribution >= 0.6 is 0 Å². The number of benzene rings is 2. The number of carboxylic acids is 1. The summed E-state index contributed by atoms with van der Waals surface area (Å²) in [5.41, 5.74) is 2.39. The van der Waals surface area contributed by atoms with E-state index in [4.69, 9.17) is 0 Å². The molecule has 38 heavy (non-hydrogen) atoms. The molecule has 9 heteroatoms. The van der Waals surface area contributed by atoms with E-state index in [9.17, 15) is 29.3 Å². The van der Waals surface area contributed by atoms with Gasteiger partial charge in [-0.2, -0.15) is 5.10 Å². The highest BCUT2D eigenvalue weighted by atomic mass is 19.1. The minimum Gasteiger partial charge on any atom is -0.550 e. The van der Waals surface area contributed by atoms with E-state index in [2.05, 4.69) is 10.4 Å². The molecule has 0 aliphatic heterocycles. The Kier molecular flexibility index (Phi) is 9.40. The first-order chi connectivity index (χ1) is 17.9. The minimum absolute atomic E-state index is 0.111. The van der Waals surface area contributed by atoms with Crippen LogP contribution in [0.5, 0.6) is 0 Å². The van der Waals surface area contributed by atoms with Gasteiger partial charge in [0.15, 0.2) is 5.69 Å². The quantitative estimate of drug-likeness (QED) is 0.334. The lowest BCUT2D eigenvalue weighted by molar-refractivity contribution is -0.307. The molecule has 0 saturated carbocycles. The first-order valence-electron chi connectivity index (χ1n) is 12.7. The van der Waals surface area contributed by atoms with Crippen LogP contribution in [0.1, 0.15) is 80.2 Å². The molecule has 0 saturated heterocycles. The van der Waals surface area contributed by atoms with Crippen LogP contribution in [0.4, 0.5) is 4.39 Å². The predicted molar refractivity (Wildman–Crippen MR) is 139 cm³/mol. The van der Waals surface area contributed by atoms with Crippen LogP contribution < -0.4 is 10.4 Å². The SMILES string of the molecule is CC(C)c1c(C(=O)NC(C)(C)c2ccccc2)nn(-c2ccc(F)cc2)c1CC[C@@H](O)C[C@@H](O)CC(=O)[O-]. The molecule has 8 nitrogen and oxygen atoms in total. The van der Waals surface area contributed by atoms with Gasteiger partial charge in [-0.15, -0.1) is 0 Å². The number of aliphatic carboxylic acids is 1. The van der Waals surface area contributed by atoms with E-state index in [1.807, 2.05) is 58.0 Å². The summed E-state index contributed by atoms with van der Waals surface area (Å²) >= 11 is 0. The lowest BCUT2D eigenvalue weighted by Crippen LogP contribution is -2.41. The monoisotopic (exact) mass is 524 g/mol. The third kappa shape index (κ3) is 7.26. The van der Waals surface area contributed by atoms with Crippen LogP contribution in [-0.4, -0.2) is 44.1 Å². The maximum atomic E-state index is 13.7. The van der Waals surface area contributed by atoms with Gasteiger partial charge < -0.3 is 25.4 Å². The number of amides is 1. The molecule has 0 fully saturated rings. The molecule has 2 atom stereocenters. The van der Waals surface area contributed by atoms with Crippen molar-refractivity contribution in [1.82, 2.24) is 15.1 Å². The van der Waals surface area contributed by atoms with Gasteiger partial charge in [0, 0.05) is 23.6 Å². The second-order valence-electron chi connectivity index (χ2n) is 10.4.